The normalized spacial score (nSPS) is 14.1. The fraction of sp³-hybridized carbons (Fsp3) is 0.222. The van der Waals surface area contributed by atoms with E-state index in [1.165, 1.54) is 12.4 Å². The first kappa shape index (κ1) is 17.9. The minimum absolute atomic E-state index is 0.0123. The summed E-state index contributed by atoms with van der Waals surface area (Å²) in [6.07, 6.45) is 5.27. The number of halogens is 2. The van der Waals surface area contributed by atoms with E-state index in [0.29, 0.717) is 53.6 Å². The first-order chi connectivity index (χ1) is 13.0. The van der Waals surface area contributed by atoms with Crippen molar-refractivity contribution in [3.05, 3.63) is 68.1 Å². The number of nitrogens with zero attached hydrogens (tertiary/aromatic N) is 4. The maximum atomic E-state index is 12.6. The van der Waals surface area contributed by atoms with E-state index in [1.54, 1.807) is 18.5 Å². The molecule has 0 spiro atoms. The highest BCUT2D eigenvalue weighted by Crippen LogP contribution is 2.32. The van der Waals surface area contributed by atoms with Gasteiger partial charge in [-0.15, -0.1) is 0 Å². The van der Waals surface area contributed by atoms with Crippen molar-refractivity contribution >= 4 is 23.2 Å². The highest BCUT2D eigenvalue weighted by atomic mass is 35.5. The molecule has 0 atom stereocenters. The summed E-state index contributed by atoms with van der Waals surface area (Å²) in [4.78, 5) is 29.9. The van der Waals surface area contributed by atoms with Gasteiger partial charge in [0.2, 0.25) is 0 Å². The van der Waals surface area contributed by atoms with Crippen LogP contribution in [0.1, 0.15) is 16.8 Å². The van der Waals surface area contributed by atoms with Crippen molar-refractivity contribution in [2.75, 3.05) is 6.54 Å². The van der Waals surface area contributed by atoms with E-state index in [-0.39, 0.29) is 16.3 Å². The zero-order valence-electron chi connectivity index (χ0n) is 14.1. The molecule has 0 unspecified atom stereocenters. The number of fused-ring (bicyclic) bond motifs is 1. The number of aromatic amines is 1. The Bertz CT molecular complexity index is 1060. The molecule has 1 aromatic carbocycles. The van der Waals surface area contributed by atoms with Crippen LogP contribution in [0.3, 0.4) is 0 Å². The van der Waals surface area contributed by atoms with Gasteiger partial charge in [-0.1, -0.05) is 23.2 Å². The molecule has 1 aliphatic rings. The smallest absolute Gasteiger partial charge is 0.255 e. The largest absolute Gasteiger partial charge is 0.506 e. The van der Waals surface area contributed by atoms with Gasteiger partial charge >= 0.3 is 0 Å². The van der Waals surface area contributed by atoms with Crippen LogP contribution in [0, 0.1) is 0 Å². The topological polar surface area (TPSA) is 95.0 Å². The Balaban J connectivity index is 1.60. The number of benzene rings is 1. The lowest BCUT2D eigenvalue weighted by Crippen LogP contribution is -2.35. The van der Waals surface area contributed by atoms with Crippen molar-refractivity contribution < 1.29 is 5.11 Å². The fourth-order valence-corrected chi connectivity index (χ4v) is 3.69. The molecule has 3 heterocycles. The zero-order chi connectivity index (χ0) is 19.0. The van der Waals surface area contributed by atoms with Crippen LogP contribution in [-0.2, 0) is 19.5 Å². The number of aromatic nitrogens is 4. The second-order valence-corrected chi connectivity index (χ2v) is 7.17. The summed E-state index contributed by atoms with van der Waals surface area (Å²) in [7, 11) is 0. The van der Waals surface area contributed by atoms with Crippen LogP contribution in [0.5, 0.6) is 5.75 Å². The van der Waals surface area contributed by atoms with Crippen LogP contribution in [-0.4, -0.2) is 36.5 Å². The predicted molar refractivity (Wildman–Crippen MR) is 102 cm³/mol. The lowest BCUT2D eigenvalue weighted by atomic mass is 10.1. The van der Waals surface area contributed by atoms with Crippen LogP contribution in [0.25, 0.3) is 11.4 Å². The fourth-order valence-electron chi connectivity index (χ4n) is 3.15. The minimum Gasteiger partial charge on any atom is -0.506 e. The third-order valence-electron chi connectivity index (χ3n) is 4.48. The number of nitrogens with one attached hydrogen (secondary N) is 1. The highest BCUT2D eigenvalue weighted by molar-refractivity contribution is 6.35. The summed E-state index contributed by atoms with van der Waals surface area (Å²) in [6, 6.07) is 3.18. The second-order valence-electron chi connectivity index (χ2n) is 6.32. The zero-order valence-corrected chi connectivity index (χ0v) is 15.6. The SMILES string of the molecule is O=c1[nH]c(-c2cncnc2)nc2c1CN(Cc1cc(Cl)cc(Cl)c1O)CC2. The molecule has 1 aliphatic heterocycles. The molecule has 2 N–H and O–H groups in total. The number of hydrogen-bond acceptors (Lipinski definition) is 6. The number of phenols is 1. The van der Waals surface area contributed by atoms with Crippen LogP contribution in [0.4, 0.5) is 0 Å². The maximum absolute atomic E-state index is 12.6. The molecule has 0 amide bonds. The molecule has 138 valence electrons. The van der Waals surface area contributed by atoms with Gasteiger partial charge < -0.3 is 10.1 Å². The quantitative estimate of drug-likeness (QED) is 0.697. The van der Waals surface area contributed by atoms with Crippen molar-refractivity contribution in [2.24, 2.45) is 0 Å². The van der Waals surface area contributed by atoms with E-state index in [4.69, 9.17) is 23.2 Å². The Morgan fingerprint density at radius 2 is 2.00 bits per heavy atom. The van der Waals surface area contributed by atoms with Gasteiger partial charge in [-0.3, -0.25) is 9.69 Å². The molecule has 7 nitrogen and oxygen atoms in total. The van der Waals surface area contributed by atoms with Crippen LogP contribution in [0.2, 0.25) is 10.0 Å². The number of aromatic hydroxyl groups is 1. The molecule has 0 fully saturated rings. The van der Waals surface area contributed by atoms with Crippen molar-refractivity contribution in [1.82, 2.24) is 24.8 Å². The van der Waals surface area contributed by atoms with Gasteiger partial charge in [0.25, 0.3) is 5.56 Å². The summed E-state index contributed by atoms with van der Waals surface area (Å²) in [5, 5.41) is 10.8. The third kappa shape index (κ3) is 3.66. The van der Waals surface area contributed by atoms with Gasteiger partial charge in [-0.2, -0.15) is 0 Å². The Kier molecular flexibility index (Phi) is 4.82. The maximum Gasteiger partial charge on any atom is 0.255 e. The van der Waals surface area contributed by atoms with Crippen LogP contribution >= 0.6 is 23.2 Å². The minimum atomic E-state index is -0.183. The molecule has 9 heteroatoms. The van der Waals surface area contributed by atoms with Gasteiger partial charge in [-0.05, 0) is 12.1 Å². The summed E-state index contributed by atoms with van der Waals surface area (Å²) >= 11 is 12.0. The van der Waals surface area contributed by atoms with Gasteiger partial charge in [0.1, 0.15) is 17.9 Å². The Labute approximate surface area is 164 Å². The standard InChI is InChI=1S/C18H15Cl2N5O2/c19-12-3-10(16(26)14(20)4-12)7-25-2-1-15-13(8-25)18(27)24-17(23-15)11-5-21-9-22-6-11/h3-6,9,26H,1-2,7-8H2,(H,23,24,27). The van der Waals surface area contributed by atoms with E-state index in [9.17, 15) is 9.90 Å². The highest BCUT2D eigenvalue weighted by Gasteiger charge is 2.23. The lowest BCUT2D eigenvalue weighted by molar-refractivity contribution is 0.239. The van der Waals surface area contributed by atoms with E-state index in [1.807, 2.05) is 4.90 Å². The van der Waals surface area contributed by atoms with Crippen molar-refractivity contribution in [1.29, 1.82) is 0 Å². The number of rotatable bonds is 3. The first-order valence-electron chi connectivity index (χ1n) is 8.28. The predicted octanol–water partition coefficient (Wildman–Crippen LogP) is 2.80. The van der Waals surface area contributed by atoms with Crippen LogP contribution < -0.4 is 5.56 Å². The molecule has 4 rings (SSSR count). The lowest BCUT2D eigenvalue weighted by Gasteiger charge is -2.28. The molecule has 0 saturated heterocycles. The molecule has 27 heavy (non-hydrogen) atoms. The van der Waals surface area contributed by atoms with E-state index in [0.717, 1.165) is 5.69 Å². The van der Waals surface area contributed by atoms with Gasteiger partial charge in [0, 0.05) is 49.0 Å². The monoisotopic (exact) mass is 403 g/mol. The number of hydrogen-bond donors (Lipinski definition) is 2. The van der Waals surface area contributed by atoms with Gasteiger partial charge in [-0.25, -0.2) is 15.0 Å². The summed E-state index contributed by atoms with van der Waals surface area (Å²) in [5.74, 6) is 0.477. The van der Waals surface area contributed by atoms with Gasteiger partial charge in [0.05, 0.1) is 21.8 Å². The van der Waals surface area contributed by atoms with Crippen LogP contribution in [0.15, 0.2) is 35.6 Å². The Hall–Kier alpha value is -2.48. The summed E-state index contributed by atoms with van der Waals surface area (Å²) < 4.78 is 0. The molecule has 0 saturated carbocycles. The molecule has 0 bridgehead atoms. The van der Waals surface area contributed by atoms with E-state index < -0.39 is 0 Å². The molecule has 0 aliphatic carbocycles. The molecule has 0 radical (unpaired) electrons. The first-order valence-corrected chi connectivity index (χ1v) is 9.03. The van der Waals surface area contributed by atoms with E-state index in [2.05, 4.69) is 19.9 Å². The average molecular weight is 404 g/mol. The van der Waals surface area contributed by atoms with Crippen molar-refractivity contribution in [3.63, 3.8) is 0 Å². The van der Waals surface area contributed by atoms with E-state index >= 15 is 0 Å². The molecule has 3 aromatic rings. The van der Waals surface area contributed by atoms with Crippen molar-refractivity contribution in [3.8, 4) is 17.1 Å². The Morgan fingerprint density at radius 1 is 1.22 bits per heavy atom. The van der Waals surface area contributed by atoms with Crippen molar-refractivity contribution in [2.45, 2.75) is 19.5 Å². The molecular weight excluding hydrogens is 389 g/mol. The number of H-pyrrole nitrogens is 1. The third-order valence-corrected chi connectivity index (χ3v) is 4.99. The molecule has 2 aromatic heterocycles. The van der Waals surface area contributed by atoms with Gasteiger partial charge in [0.15, 0.2) is 0 Å². The molecular formula is C18H15Cl2N5O2. The second kappa shape index (κ2) is 7.26. The summed E-state index contributed by atoms with van der Waals surface area (Å²) in [5.41, 5.74) is 2.49. The Morgan fingerprint density at radius 3 is 2.78 bits per heavy atom. The average Bonchev–Trinajstić information content (AvgIpc) is 2.67. The number of phenolic OH excluding ortho intramolecular Hbond substituents is 1. The summed E-state index contributed by atoms with van der Waals surface area (Å²) in [6.45, 7) is 1.55.